The summed E-state index contributed by atoms with van der Waals surface area (Å²) >= 11 is 0. The van der Waals surface area contributed by atoms with Crippen molar-refractivity contribution in [3.05, 3.63) is 35.4 Å². The van der Waals surface area contributed by atoms with Gasteiger partial charge in [0.1, 0.15) is 0 Å². The standard InChI is InChI=1S/C13H19NO/c1-4-10(2)14-9-12-5-7-13(8-6-12)11(3)15/h5-8,10,14H,4,9H2,1-3H3. The van der Waals surface area contributed by atoms with Crippen molar-refractivity contribution in [3.8, 4) is 0 Å². The summed E-state index contributed by atoms with van der Waals surface area (Å²) in [6.07, 6.45) is 1.13. The summed E-state index contributed by atoms with van der Waals surface area (Å²) in [7, 11) is 0. The number of carbonyl (C=O) groups is 1. The lowest BCUT2D eigenvalue weighted by atomic mass is 10.1. The van der Waals surface area contributed by atoms with Crippen LogP contribution in [0.4, 0.5) is 0 Å². The third-order valence-electron chi connectivity index (χ3n) is 2.63. The number of ketones is 1. The Bertz CT molecular complexity index is 316. The summed E-state index contributed by atoms with van der Waals surface area (Å²) in [6, 6.07) is 8.32. The maximum absolute atomic E-state index is 11.1. The lowest BCUT2D eigenvalue weighted by Crippen LogP contribution is -2.24. The van der Waals surface area contributed by atoms with Gasteiger partial charge in [0.2, 0.25) is 0 Å². The highest BCUT2D eigenvalue weighted by atomic mass is 16.1. The van der Waals surface area contributed by atoms with E-state index < -0.39 is 0 Å². The van der Waals surface area contributed by atoms with E-state index in [1.54, 1.807) is 6.92 Å². The zero-order chi connectivity index (χ0) is 11.3. The molecular formula is C13H19NO. The van der Waals surface area contributed by atoms with Gasteiger partial charge in [-0.15, -0.1) is 0 Å². The molecule has 1 atom stereocenters. The third kappa shape index (κ3) is 3.84. The Hall–Kier alpha value is -1.15. The molecule has 0 saturated heterocycles. The Morgan fingerprint density at radius 1 is 1.33 bits per heavy atom. The quantitative estimate of drug-likeness (QED) is 0.749. The lowest BCUT2D eigenvalue weighted by Gasteiger charge is -2.11. The van der Waals surface area contributed by atoms with Gasteiger partial charge < -0.3 is 5.32 Å². The molecule has 2 heteroatoms. The van der Waals surface area contributed by atoms with E-state index in [0.29, 0.717) is 6.04 Å². The van der Waals surface area contributed by atoms with Crippen LogP contribution in [0, 0.1) is 0 Å². The average molecular weight is 205 g/mol. The van der Waals surface area contributed by atoms with Gasteiger partial charge in [-0.2, -0.15) is 0 Å². The van der Waals surface area contributed by atoms with E-state index in [0.717, 1.165) is 18.5 Å². The molecule has 1 aromatic rings. The smallest absolute Gasteiger partial charge is 0.159 e. The van der Waals surface area contributed by atoms with Crippen LogP contribution in [0.3, 0.4) is 0 Å². The van der Waals surface area contributed by atoms with E-state index in [1.165, 1.54) is 5.56 Å². The molecule has 0 aliphatic heterocycles. The largest absolute Gasteiger partial charge is 0.310 e. The molecule has 0 amide bonds. The summed E-state index contributed by atoms with van der Waals surface area (Å²) in [4.78, 5) is 11.1. The Morgan fingerprint density at radius 2 is 1.93 bits per heavy atom. The highest BCUT2D eigenvalue weighted by Crippen LogP contribution is 2.05. The van der Waals surface area contributed by atoms with Crippen molar-refractivity contribution in [1.29, 1.82) is 0 Å². The highest BCUT2D eigenvalue weighted by Gasteiger charge is 2.00. The number of hydrogen-bond acceptors (Lipinski definition) is 2. The van der Waals surface area contributed by atoms with E-state index in [-0.39, 0.29) is 5.78 Å². The fraction of sp³-hybridized carbons (Fsp3) is 0.462. The first-order valence-corrected chi connectivity index (χ1v) is 5.46. The van der Waals surface area contributed by atoms with Crippen LogP contribution in [0.25, 0.3) is 0 Å². The van der Waals surface area contributed by atoms with Crippen molar-refractivity contribution >= 4 is 5.78 Å². The predicted octanol–water partition coefficient (Wildman–Crippen LogP) is 2.78. The number of hydrogen-bond donors (Lipinski definition) is 1. The molecule has 15 heavy (non-hydrogen) atoms. The Labute approximate surface area is 91.7 Å². The number of Topliss-reactive ketones (excluding diaryl/α,β-unsaturated/α-hetero) is 1. The van der Waals surface area contributed by atoms with Gasteiger partial charge in [-0.05, 0) is 25.8 Å². The number of nitrogens with one attached hydrogen (secondary N) is 1. The van der Waals surface area contributed by atoms with Gasteiger partial charge in [0.25, 0.3) is 0 Å². The van der Waals surface area contributed by atoms with Gasteiger partial charge in [0.15, 0.2) is 5.78 Å². The Balaban J connectivity index is 2.53. The molecule has 1 unspecified atom stereocenters. The summed E-state index contributed by atoms with van der Waals surface area (Å²) in [5.41, 5.74) is 2.00. The van der Waals surface area contributed by atoms with Crippen LogP contribution in [-0.2, 0) is 6.54 Å². The van der Waals surface area contributed by atoms with Crippen LogP contribution in [0.15, 0.2) is 24.3 Å². The molecule has 1 N–H and O–H groups in total. The molecular weight excluding hydrogens is 186 g/mol. The lowest BCUT2D eigenvalue weighted by molar-refractivity contribution is 0.101. The third-order valence-corrected chi connectivity index (χ3v) is 2.63. The molecule has 0 spiro atoms. The Kier molecular flexibility index (Phi) is 4.50. The van der Waals surface area contributed by atoms with Crippen molar-refractivity contribution in [1.82, 2.24) is 5.32 Å². The molecule has 0 aliphatic rings. The van der Waals surface area contributed by atoms with Crippen LogP contribution in [-0.4, -0.2) is 11.8 Å². The summed E-state index contributed by atoms with van der Waals surface area (Å²) in [5, 5.41) is 3.41. The first kappa shape index (κ1) is 11.9. The minimum absolute atomic E-state index is 0.122. The number of benzene rings is 1. The second-order valence-corrected chi connectivity index (χ2v) is 3.94. The topological polar surface area (TPSA) is 29.1 Å². The molecule has 0 aliphatic carbocycles. The molecule has 1 rings (SSSR count). The minimum Gasteiger partial charge on any atom is -0.310 e. The van der Waals surface area contributed by atoms with Gasteiger partial charge >= 0.3 is 0 Å². The van der Waals surface area contributed by atoms with Crippen LogP contribution < -0.4 is 5.32 Å². The summed E-state index contributed by atoms with van der Waals surface area (Å²) in [6.45, 7) is 6.79. The van der Waals surface area contributed by atoms with E-state index in [9.17, 15) is 4.79 Å². The molecule has 0 heterocycles. The van der Waals surface area contributed by atoms with Gasteiger partial charge in [0, 0.05) is 18.2 Å². The first-order valence-electron chi connectivity index (χ1n) is 5.46. The summed E-state index contributed by atoms with van der Waals surface area (Å²) < 4.78 is 0. The zero-order valence-corrected chi connectivity index (χ0v) is 9.71. The average Bonchev–Trinajstić information content (AvgIpc) is 2.26. The fourth-order valence-electron chi connectivity index (χ4n) is 1.29. The predicted molar refractivity (Wildman–Crippen MR) is 63.0 cm³/mol. The van der Waals surface area contributed by atoms with Crippen LogP contribution in [0.1, 0.15) is 43.1 Å². The maximum Gasteiger partial charge on any atom is 0.159 e. The van der Waals surface area contributed by atoms with Gasteiger partial charge in [-0.25, -0.2) is 0 Å². The molecule has 82 valence electrons. The molecule has 2 nitrogen and oxygen atoms in total. The van der Waals surface area contributed by atoms with Gasteiger partial charge in [-0.3, -0.25) is 4.79 Å². The first-order chi connectivity index (χ1) is 7.13. The highest BCUT2D eigenvalue weighted by molar-refractivity contribution is 5.93. The number of carbonyl (C=O) groups excluding carboxylic acids is 1. The molecule has 0 radical (unpaired) electrons. The zero-order valence-electron chi connectivity index (χ0n) is 9.71. The van der Waals surface area contributed by atoms with Crippen molar-refractivity contribution in [2.24, 2.45) is 0 Å². The van der Waals surface area contributed by atoms with E-state index >= 15 is 0 Å². The van der Waals surface area contributed by atoms with E-state index in [2.05, 4.69) is 19.2 Å². The van der Waals surface area contributed by atoms with E-state index in [1.807, 2.05) is 24.3 Å². The number of rotatable bonds is 5. The molecule has 0 saturated carbocycles. The van der Waals surface area contributed by atoms with Crippen molar-refractivity contribution in [2.45, 2.75) is 39.8 Å². The van der Waals surface area contributed by atoms with Crippen molar-refractivity contribution in [3.63, 3.8) is 0 Å². The Morgan fingerprint density at radius 3 is 2.40 bits per heavy atom. The normalized spacial score (nSPS) is 12.5. The fourth-order valence-corrected chi connectivity index (χ4v) is 1.29. The molecule has 0 aromatic heterocycles. The molecule has 0 bridgehead atoms. The van der Waals surface area contributed by atoms with Crippen molar-refractivity contribution in [2.75, 3.05) is 0 Å². The summed E-state index contributed by atoms with van der Waals surface area (Å²) in [5.74, 6) is 0.122. The van der Waals surface area contributed by atoms with Crippen LogP contribution in [0.2, 0.25) is 0 Å². The SMILES string of the molecule is CCC(C)NCc1ccc(C(C)=O)cc1. The van der Waals surface area contributed by atoms with Crippen molar-refractivity contribution < 1.29 is 4.79 Å². The monoisotopic (exact) mass is 205 g/mol. The maximum atomic E-state index is 11.1. The van der Waals surface area contributed by atoms with Gasteiger partial charge in [0.05, 0.1) is 0 Å². The molecule has 0 fully saturated rings. The molecule has 1 aromatic carbocycles. The van der Waals surface area contributed by atoms with Crippen LogP contribution >= 0.6 is 0 Å². The van der Waals surface area contributed by atoms with E-state index in [4.69, 9.17) is 0 Å². The van der Waals surface area contributed by atoms with Crippen LogP contribution in [0.5, 0.6) is 0 Å². The van der Waals surface area contributed by atoms with Gasteiger partial charge in [-0.1, -0.05) is 31.2 Å². The minimum atomic E-state index is 0.122. The second kappa shape index (κ2) is 5.66. The second-order valence-electron chi connectivity index (χ2n) is 3.94.